The molecule has 2 unspecified atom stereocenters. The number of amides is 1. The van der Waals surface area contributed by atoms with Crippen LogP contribution in [-0.2, 0) is 10.0 Å². The summed E-state index contributed by atoms with van der Waals surface area (Å²) in [5.41, 5.74) is 0.799. The fraction of sp³-hybridized carbons (Fsp3) is 0.588. The predicted molar refractivity (Wildman–Crippen MR) is 94.6 cm³/mol. The van der Waals surface area contributed by atoms with Gasteiger partial charge in [-0.3, -0.25) is 9.52 Å². The molecule has 2 saturated heterocycles. The lowest BCUT2D eigenvalue weighted by Crippen LogP contribution is -2.39. The summed E-state index contributed by atoms with van der Waals surface area (Å²) in [5, 5.41) is 3.55. The lowest BCUT2D eigenvalue weighted by atomic mass is 10.1. The smallest absolute Gasteiger partial charge is 0.256 e. The van der Waals surface area contributed by atoms with E-state index in [2.05, 4.69) is 10.0 Å². The van der Waals surface area contributed by atoms with E-state index in [0.29, 0.717) is 42.8 Å². The van der Waals surface area contributed by atoms with Crippen LogP contribution >= 0.6 is 0 Å². The molecule has 2 aliphatic heterocycles. The first-order valence-corrected chi connectivity index (χ1v) is 10.3. The second-order valence-electron chi connectivity index (χ2n) is 6.64. The molecule has 6 nitrogen and oxygen atoms in total. The summed E-state index contributed by atoms with van der Waals surface area (Å²) in [7, 11) is -3.42. The largest absolute Gasteiger partial charge is 0.337 e. The van der Waals surface area contributed by atoms with Gasteiger partial charge in [-0.2, -0.15) is 0 Å². The molecule has 1 aromatic carbocycles. The number of likely N-dealkylation sites (tertiary alicyclic amines) is 1. The molecule has 0 aliphatic carbocycles. The summed E-state index contributed by atoms with van der Waals surface area (Å²) in [6, 6.07) is 7.72. The summed E-state index contributed by atoms with van der Waals surface area (Å²) in [6.45, 7) is 3.21. The van der Waals surface area contributed by atoms with Crippen LogP contribution in [0.15, 0.2) is 24.3 Å². The first-order valence-electron chi connectivity index (χ1n) is 8.63. The van der Waals surface area contributed by atoms with E-state index in [4.69, 9.17) is 0 Å². The molecule has 0 spiro atoms. The highest BCUT2D eigenvalue weighted by Gasteiger charge is 2.32. The summed E-state index contributed by atoms with van der Waals surface area (Å²) in [4.78, 5) is 14.8. The minimum absolute atomic E-state index is 0.0485. The molecule has 2 aliphatic rings. The second-order valence-corrected chi connectivity index (χ2v) is 8.49. The van der Waals surface area contributed by atoms with Crippen molar-refractivity contribution < 1.29 is 13.2 Å². The first-order chi connectivity index (χ1) is 11.5. The highest BCUT2D eigenvalue weighted by molar-refractivity contribution is 7.92. The number of nitrogens with one attached hydrogen (secondary N) is 2. The van der Waals surface area contributed by atoms with Crippen molar-refractivity contribution in [3.63, 3.8) is 0 Å². The number of fused-ring (bicyclic) bond motifs is 2. The van der Waals surface area contributed by atoms with Gasteiger partial charge in [0.15, 0.2) is 0 Å². The highest BCUT2D eigenvalue weighted by atomic mass is 32.2. The van der Waals surface area contributed by atoms with Gasteiger partial charge in [-0.05, 0) is 37.8 Å². The molecule has 132 valence electrons. The third-order valence-electron chi connectivity index (χ3n) is 4.71. The van der Waals surface area contributed by atoms with Gasteiger partial charge in [0.2, 0.25) is 10.0 Å². The Morgan fingerprint density at radius 2 is 2.00 bits per heavy atom. The molecule has 0 aromatic heterocycles. The van der Waals surface area contributed by atoms with Gasteiger partial charge in [-0.15, -0.1) is 0 Å². The van der Waals surface area contributed by atoms with Crippen LogP contribution in [0.5, 0.6) is 0 Å². The maximum atomic E-state index is 13.0. The van der Waals surface area contributed by atoms with Crippen LogP contribution in [0.4, 0.5) is 5.69 Å². The Morgan fingerprint density at radius 3 is 2.79 bits per heavy atom. The Balaban J connectivity index is 1.80. The highest BCUT2D eigenvalue weighted by Crippen LogP contribution is 2.24. The van der Waals surface area contributed by atoms with Gasteiger partial charge < -0.3 is 10.2 Å². The zero-order chi connectivity index (χ0) is 17.2. The van der Waals surface area contributed by atoms with E-state index in [9.17, 15) is 13.2 Å². The van der Waals surface area contributed by atoms with E-state index in [-0.39, 0.29) is 11.7 Å². The van der Waals surface area contributed by atoms with Crippen molar-refractivity contribution in [2.45, 2.75) is 44.7 Å². The Hall–Kier alpha value is -1.60. The molecule has 7 heteroatoms. The minimum Gasteiger partial charge on any atom is -0.337 e. The van der Waals surface area contributed by atoms with E-state index in [1.54, 1.807) is 24.3 Å². The van der Waals surface area contributed by atoms with Crippen molar-refractivity contribution in [2.24, 2.45) is 0 Å². The third kappa shape index (κ3) is 3.89. The van der Waals surface area contributed by atoms with E-state index in [0.717, 1.165) is 12.8 Å². The average molecular weight is 351 g/mol. The molecule has 2 N–H and O–H groups in total. The first kappa shape index (κ1) is 17.2. The molecule has 2 fully saturated rings. The van der Waals surface area contributed by atoms with Gasteiger partial charge in [0, 0.05) is 25.2 Å². The Labute approximate surface area is 143 Å². The number of hydrogen-bond donors (Lipinski definition) is 2. The van der Waals surface area contributed by atoms with Crippen LogP contribution in [0.2, 0.25) is 0 Å². The Morgan fingerprint density at radius 1 is 1.25 bits per heavy atom. The van der Waals surface area contributed by atoms with Crippen molar-refractivity contribution >= 4 is 21.6 Å². The summed E-state index contributed by atoms with van der Waals surface area (Å²) in [6.07, 6.45) is 3.76. The normalized spacial score (nSPS) is 23.8. The topological polar surface area (TPSA) is 78.5 Å². The number of anilines is 1. The maximum absolute atomic E-state index is 13.0. The van der Waals surface area contributed by atoms with Gasteiger partial charge in [0.05, 0.1) is 17.0 Å². The van der Waals surface area contributed by atoms with Gasteiger partial charge in [-0.25, -0.2) is 8.42 Å². The van der Waals surface area contributed by atoms with Crippen molar-refractivity contribution in [1.29, 1.82) is 0 Å². The number of para-hydroxylation sites is 1. The summed E-state index contributed by atoms with van der Waals surface area (Å²) >= 11 is 0. The number of carbonyl (C=O) groups excluding carboxylic acids is 1. The molecule has 2 bridgehead atoms. The van der Waals surface area contributed by atoms with Crippen molar-refractivity contribution in [2.75, 3.05) is 23.6 Å². The minimum atomic E-state index is -3.42. The van der Waals surface area contributed by atoms with E-state index >= 15 is 0 Å². The van der Waals surface area contributed by atoms with E-state index in [1.807, 2.05) is 11.8 Å². The molecule has 2 atom stereocenters. The van der Waals surface area contributed by atoms with Crippen LogP contribution in [0, 0.1) is 0 Å². The fourth-order valence-electron chi connectivity index (χ4n) is 3.54. The van der Waals surface area contributed by atoms with Crippen molar-refractivity contribution in [3.05, 3.63) is 29.8 Å². The Bertz CT molecular complexity index is 705. The average Bonchev–Trinajstić information content (AvgIpc) is 2.86. The van der Waals surface area contributed by atoms with Crippen molar-refractivity contribution in [3.8, 4) is 0 Å². The lowest BCUT2D eigenvalue weighted by molar-refractivity contribution is 0.0749. The molecule has 24 heavy (non-hydrogen) atoms. The van der Waals surface area contributed by atoms with Crippen LogP contribution < -0.4 is 10.0 Å². The van der Waals surface area contributed by atoms with Gasteiger partial charge in [-0.1, -0.05) is 19.1 Å². The van der Waals surface area contributed by atoms with Crippen molar-refractivity contribution in [1.82, 2.24) is 10.2 Å². The van der Waals surface area contributed by atoms with Crippen LogP contribution in [0.1, 0.15) is 43.0 Å². The molecule has 0 radical (unpaired) electrons. The third-order valence-corrected chi connectivity index (χ3v) is 6.18. The fourth-order valence-corrected chi connectivity index (χ4v) is 4.70. The summed E-state index contributed by atoms with van der Waals surface area (Å²) < 4.78 is 26.7. The number of rotatable bonds is 5. The number of hydrogen-bond acceptors (Lipinski definition) is 4. The lowest BCUT2D eigenvalue weighted by Gasteiger charge is -2.25. The number of benzene rings is 1. The SMILES string of the molecule is CCCS(=O)(=O)Nc1ccccc1C(=O)N1CCC2CCC(C1)N2. The molecule has 3 rings (SSSR count). The van der Waals surface area contributed by atoms with Crippen LogP contribution in [0.25, 0.3) is 0 Å². The molecule has 0 saturated carbocycles. The van der Waals surface area contributed by atoms with Crippen LogP contribution in [0.3, 0.4) is 0 Å². The zero-order valence-electron chi connectivity index (χ0n) is 14.0. The quantitative estimate of drug-likeness (QED) is 0.848. The Kier molecular flexibility index (Phi) is 5.10. The van der Waals surface area contributed by atoms with Gasteiger partial charge in [0.1, 0.15) is 0 Å². The number of carbonyl (C=O) groups is 1. The molecule has 1 aromatic rings. The zero-order valence-corrected chi connectivity index (χ0v) is 14.8. The molecule has 2 heterocycles. The van der Waals surface area contributed by atoms with E-state index < -0.39 is 10.0 Å². The summed E-state index contributed by atoms with van der Waals surface area (Å²) in [5.74, 6) is -0.0495. The maximum Gasteiger partial charge on any atom is 0.256 e. The van der Waals surface area contributed by atoms with Gasteiger partial charge >= 0.3 is 0 Å². The van der Waals surface area contributed by atoms with E-state index in [1.165, 1.54) is 6.42 Å². The second kappa shape index (κ2) is 7.11. The predicted octanol–water partition coefficient (Wildman–Crippen LogP) is 1.80. The molecule has 1 amide bonds. The molecular formula is C17H25N3O3S. The number of sulfonamides is 1. The van der Waals surface area contributed by atoms with Crippen LogP contribution in [-0.4, -0.2) is 50.2 Å². The molecular weight excluding hydrogens is 326 g/mol. The number of nitrogens with zero attached hydrogens (tertiary/aromatic N) is 1. The van der Waals surface area contributed by atoms with Gasteiger partial charge in [0.25, 0.3) is 5.91 Å². The monoisotopic (exact) mass is 351 g/mol. The standard InChI is InChI=1S/C17H25N3O3S/c1-2-11-24(22,23)19-16-6-4-3-5-15(16)17(21)20-10-9-13-7-8-14(12-20)18-13/h3-6,13-14,18-19H,2,7-12H2,1H3.